The van der Waals surface area contributed by atoms with Crippen LogP contribution < -0.4 is 5.32 Å². The van der Waals surface area contributed by atoms with Gasteiger partial charge < -0.3 is 19.9 Å². The molecule has 39 heavy (non-hydrogen) atoms. The lowest BCUT2D eigenvalue weighted by Crippen LogP contribution is -2.63. The summed E-state index contributed by atoms with van der Waals surface area (Å²) in [5.41, 5.74) is 2.59. The molecule has 214 valence electrons. The number of hydrogen-bond acceptors (Lipinski definition) is 4. The lowest BCUT2D eigenvalue weighted by Gasteiger charge is -2.45. The van der Waals surface area contributed by atoms with E-state index in [2.05, 4.69) is 47.8 Å². The number of carbonyl (C=O) groups excluding carboxylic acids is 2. The molecule has 3 atom stereocenters. The van der Waals surface area contributed by atoms with Crippen molar-refractivity contribution in [2.75, 3.05) is 14.1 Å². The maximum absolute atomic E-state index is 14.1. The molecule has 0 fully saturated rings. The van der Waals surface area contributed by atoms with Gasteiger partial charge in [0.15, 0.2) is 0 Å². The van der Waals surface area contributed by atoms with Crippen LogP contribution in [0.25, 0.3) is 10.9 Å². The van der Waals surface area contributed by atoms with Crippen molar-refractivity contribution in [3.8, 4) is 0 Å². The van der Waals surface area contributed by atoms with E-state index < -0.39 is 34.9 Å². The zero-order valence-electron chi connectivity index (χ0n) is 25.4. The molecule has 2 heterocycles. The average Bonchev–Trinajstić information content (AvgIpc) is 3.11. The lowest BCUT2D eigenvalue weighted by molar-refractivity contribution is -0.142. The van der Waals surface area contributed by atoms with Crippen LogP contribution in [0.5, 0.6) is 0 Å². The van der Waals surface area contributed by atoms with Crippen LogP contribution in [-0.2, 0) is 33.4 Å². The van der Waals surface area contributed by atoms with Gasteiger partial charge in [0.2, 0.25) is 11.8 Å². The van der Waals surface area contributed by atoms with E-state index in [-0.39, 0.29) is 23.3 Å². The predicted molar refractivity (Wildman–Crippen MR) is 155 cm³/mol. The third kappa shape index (κ3) is 5.62. The molecule has 1 aliphatic heterocycles. The monoisotopic (exact) mass is 538 g/mol. The molecule has 8 heteroatoms. The summed E-state index contributed by atoms with van der Waals surface area (Å²) < 4.78 is 2.21. The summed E-state index contributed by atoms with van der Waals surface area (Å²) in [6.45, 7) is 16.1. The van der Waals surface area contributed by atoms with E-state index in [0.29, 0.717) is 6.54 Å². The molecule has 0 saturated carbocycles. The van der Waals surface area contributed by atoms with Gasteiger partial charge in [-0.15, -0.1) is 0 Å². The number of nitrogens with one attached hydrogen (secondary N) is 1. The molecular formula is C31H46N4O4. The highest BCUT2D eigenvalue weighted by Crippen LogP contribution is 2.43. The molecule has 0 saturated heterocycles. The van der Waals surface area contributed by atoms with Crippen LogP contribution in [0.4, 0.5) is 0 Å². The number of carbonyl (C=O) groups is 3. The number of para-hydroxylation sites is 1. The third-order valence-electron chi connectivity index (χ3n) is 8.28. The van der Waals surface area contributed by atoms with Crippen molar-refractivity contribution in [3.63, 3.8) is 0 Å². The summed E-state index contributed by atoms with van der Waals surface area (Å²) in [7, 11) is 5.71. The molecule has 1 aliphatic rings. The second-order valence-electron chi connectivity index (χ2n) is 13.1. The Morgan fingerprint density at radius 2 is 1.74 bits per heavy atom. The number of aryl methyl sites for hydroxylation is 1. The largest absolute Gasteiger partial charge is 0.478 e. The number of benzene rings is 1. The van der Waals surface area contributed by atoms with Crippen molar-refractivity contribution < 1.29 is 19.5 Å². The van der Waals surface area contributed by atoms with Gasteiger partial charge in [-0.3, -0.25) is 14.5 Å². The second-order valence-corrected chi connectivity index (χ2v) is 13.1. The molecule has 2 aromatic rings. The second kappa shape index (κ2) is 10.8. The van der Waals surface area contributed by atoms with E-state index in [1.54, 1.807) is 18.0 Å². The fraction of sp³-hybridized carbons (Fsp3) is 0.581. The summed E-state index contributed by atoms with van der Waals surface area (Å²) >= 11 is 0. The molecule has 0 spiro atoms. The van der Waals surface area contributed by atoms with E-state index in [1.165, 1.54) is 18.2 Å². The number of aromatic nitrogens is 1. The van der Waals surface area contributed by atoms with Crippen molar-refractivity contribution >= 4 is 28.7 Å². The van der Waals surface area contributed by atoms with Crippen molar-refractivity contribution in [1.82, 2.24) is 19.7 Å². The molecule has 2 N–H and O–H groups in total. The molecule has 1 aromatic carbocycles. The van der Waals surface area contributed by atoms with Gasteiger partial charge in [0.25, 0.3) is 0 Å². The first-order valence-electron chi connectivity index (χ1n) is 13.7. The number of carboxylic acids is 1. The van der Waals surface area contributed by atoms with E-state index >= 15 is 0 Å². The summed E-state index contributed by atoms with van der Waals surface area (Å²) in [6.07, 6.45) is 1.62. The van der Waals surface area contributed by atoms with Gasteiger partial charge in [-0.2, -0.15) is 0 Å². The van der Waals surface area contributed by atoms with E-state index in [4.69, 9.17) is 0 Å². The standard InChI is InChI=1S/C31H46N4O4/c1-18(2)22(16-19(3)29(38)39)35(11)28(37)25(30(4,5)6)32-27(36)26-31(7,8)24-20-14-12-13-15-21(20)34(10)23(24)17-33(26)9/h12-16,18,22,25-26H,17H2,1-11H3,(H,32,36)(H,38,39)/t22?,25-,26?/m1/s1. The Balaban J connectivity index is 1.98. The van der Waals surface area contributed by atoms with Crippen LogP contribution in [-0.4, -0.2) is 69.5 Å². The van der Waals surface area contributed by atoms with Crippen LogP contribution in [0.3, 0.4) is 0 Å². The highest BCUT2D eigenvalue weighted by Gasteiger charge is 2.48. The van der Waals surface area contributed by atoms with Crippen LogP contribution in [0.15, 0.2) is 35.9 Å². The van der Waals surface area contributed by atoms with Crippen molar-refractivity contribution in [3.05, 3.63) is 47.2 Å². The molecule has 2 amide bonds. The molecule has 0 aliphatic carbocycles. The fourth-order valence-electron chi connectivity index (χ4n) is 6.19. The number of nitrogens with zero attached hydrogens (tertiary/aromatic N) is 3. The minimum absolute atomic E-state index is 0.0160. The molecular weight excluding hydrogens is 492 g/mol. The Labute approximate surface area is 233 Å². The maximum Gasteiger partial charge on any atom is 0.331 e. The Morgan fingerprint density at radius 1 is 1.15 bits per heavy atom. The number of carboxylic acid groups (broad SMARTS) is 1. The molecule has 8 nitrogen and oxygen atoms in total. The van der Waals surface area contributed by atoms with E-state index in [0.717, 1.165) is 10.9 Å². The SMILES string of the molecule is CC(=CC(C(C)C)N(C)C(=O)[C@@H](NC(=O)C1N(C)Cc2c(c3ccccc3n2C)C1(C)C)C(C)(C)C)C(=O)O. The van der Waals surface area contributed by atoms with Gasteiger partial charge >= 0.3 is 5.97 Å². The van der Waals surface area contributed by atoms with Crippen molar-refractivity contribution in [1.29, 1.82) is 0 Å². The molecule has 2 unspecified atom stereocenters. The highest BCUT2D eigenvalue weighted by atomic mass is 16.4. The van der Waals surface area contributed by atoms with Crippen LogP contribution in [0, 0.1) is 11.3 Å². The quantitative estimate of drug-likeness (QED) is 0.512. The number of aliphatic carboxylic acids is 1. The minimum atomic E-state index is -1.02. The van der Waals surface area contributed by atoms with E-state index in [9.17, 15) is 19.5 Å². The predicted octanol–water partition coefficient (Wildman–Crippen LogP) is 4.31. The fourth-order valence-corrected chi connectivity index (χ4v) is 6.19. The van der Waals surface area contributed by atoms with Gasteiger partial charge in [-0.05, 0) is 36.9 Å². The minimum Gasteiger partial charge on any atom is -0.478 e. The topological polar surface area (TPSA) is 94.9 Å². The Hall–Kier alpha value is -3.13. The maximum atomic E-state index is 14.1. The van der Waals surface area contributed by atoms with Crippen LogP contribution in [0.2, 0.25) is 0 Å². The molecule has 1 aromatic heterocycles. The highest BCUT2D eigenvalue weighted by molar-refractivity contribution is 5.94. The third-order valence-corrected chi connectivity index (χ3v) is 8.28. The number of fused-ring (bicyclic) bond motifs is 3. The summed E-state index contributed by atoms with van der Waals surface area (Å²) in [5.74, 6) is -1.47. The Morgan fingerprint density at radius 3 is 2.28 bits per heavy atom. The molecule has 3 rings (SSSR count). The van der Waals surface area contributed by atoms with Crippen molar-refractivity contribution in [2.24, 2.45) is 18.4 Å². The van der Waals surface area contributed by atoms with Crippen LogP contribution in [0.1, 0.15) is 66.6 Å². The zero-order valence-corrected chi connectivity index (χ0v) is 25.4. The van der Waals surface area contributed by atoms with Gasteiger partial charge in [0, 0.05) is 48.2 Å². The van der Waals surface area contributed by atoms with E-state index in [1.807, 2.05) is 53.8 Å². The van der Waals surface area contributed by atoms with Crippen molar-refractivity contribution in [2.45, 2.75) is 85.5 Å². The molecule has 0 radical (unpaired) electrons. The van der Waals surface area contributed by atoms with Gasteiger partial charge in [0.1, 0.15) is 6.04 Å². The number of rotatable bonds is 7. The number of likely N-dealkylation sites (N-methyl/N-ethyl adjacent to an activating group) is 2. The average molecular weight is 539 g/mol. The summed E-state index contributed by atoms with van der Waals surface area (Å²) in [4.78, 5) is 43.2. The first kappa shape index (κ1) is 30.4. The molecule has 0 bridgehead atoms. The van der Waals surface area contributed by atoms with Gasteiger partial charge in [0.05, 0.1) is 12.1 Å². The van der Waals surface area contributed by atoms with Gasteiger partial charge in [-0.25, -0.2) is 4.79 Å². The summed E-state index contributed by atoms with van der Waals surface area (Å²) in [6, 6.07) is 6.56. The normalized spacial score (nSPS) is 19.5. The first-order valence-corrected chi connectivity index (χ1v) is 13.7. The first-order chi connectivity index (χ1) is 17.9. The Bertz CT molecular complexity index is 1300. The zero-order chi connectivity index (χ0) is 29.6. The smallest absolute Gasteiger partial charge is 0.331 e. The Kier molecular flexibility index (Phi) is 8.42. The number of amides is 2. The number of hydrogen-bond donors (Lipinski definition) is 2. The van der Waals surface area contributed by atoms with Gasteiger partial charge in [-0.1, -0.05) is 72.7 Å². The summed E-state index contributed by atoms with van der Waals surface area (Å²) in [5, 5.41) is 13.7. The lowest BCUT2D eigenvalue weighted by atomic mass is 9.72. The van der Waals surface area contributed by atoms with Crippen LogP contribution >= 0.6 is 0 Å².